The van der Waals surface area contributed by atoms with E-state index in [0.29, 0.717) is 0 Å². The number of carbonyl (C=O) groups excluding carboxylic acids is 1. The Balaban J connectivity index is 1.93. The van der Waals surface area contributed by atoms with Crippen LogP contribution in [-0.4, -0.2) is 38.0 Å². The van der Waals surface area contributed by atoms with Crippen LogP contribution in [0.3, 0.4) is 0 Å². The lowest BCUT2D eigenvalue weighted by atomic mass is 10.2. The Labute approximate surface area is 137 Å². The molecule has 1 aromatic heterocycles. The summed E-state index contributed by atoms with van der Waals surface area (Å²) in [4.78, 5) is 46.0. The van der Waals surface area contributed by atoms with E-state index in [-0.39, 0.29) is 22.0 Å². The number of H-pyrrole nitrogens is 2. The Kier molecular flexibility index (Phi) is 5.57. The summed E-state index contributed by atoms with van der Waals surface area (Å²) in [6.45, 7) is 0. The van der Waals surface area contributed by atoms with Crippen LogP contribution < -0.4 is 16.7 Å². The fourth-order valence-electron chi connectivity index (χ4n) is 1.54. The second-order valence-corrected chi connectivity index (χ2v) is 5.17. The minimum atomic E-state index is -0.747. The van der Waals surface area contributed by atoms with Crippen molar-refractivity contribution in [2.24, 2.45) is 5.10 Å². The standard InChI is InChI=1S/C12H10N6O5S/c19-9(6-24-11-10(20)14-12(21)17-16-11)15-13-5-7-3-1-2-4-8(7)18(22)23/h1-5H,6H2,(H,15,19)(H2,14,17,20,21)/b13-5+. The Hall–Kier alpha value is -3.28. The number of nitrogens with one attached hydrogen (secondary N) is 3. The molecule has 124 valence electrons. The van der Waals surface area contributed by atoms with Crippen LogP contribution in [0, 0.1) is 10.1 Å². The number of hydrogen-bond donors (Lipinski definition) is 3. The molecule has 0 radical (unpaired) electrons. The zero-order chi connectivity index (χ0) is 17.5. The number of para-hydroxylation sites is 1. The molecule has 12 heteroatoms. The fraction of sp³-hybridized carbons (Fsp3) is 0.0833. The molecule has 1 amide bonds. The summed E-state index contributed by atoms with van der Waals surface area (Å²) in [6.07, 6.45) is 1.14. The number of carbonyl (C=O) groups is 1. The highest BCUT2D eigenvalue weighted by Crippen LogP contribution is 2.15. The number of thioether (sulfide) groups is 1. The summed E-state index contributed by atoms with van der Waals surface area (Å²) in [6, 6.07) is 5.90. The summed E-state index contributed by atoms with van der Waals surface area (Å²) in [5.41, 5.74) is 0.804. The summed E-state index contributed by atoms with van der Waals surface area (Å²) in [7, 11) is 0. The van der Waals surface area contributed by atoms with E-state index >= 15 is 0 Å². The summed E-state index contributed by atoms with van der Waals surface area (Å²) in [5, 5.41) is 19.9. The number of benzene rings is 1. The smallest absolute Gasteiger partial charge is 0.272 e. The van der Waals surface area contributed by atoms with Gasteiger partial charge in [-0.25, -0.2) is 15.3 Å². The van der Waals surface area contributed by atoms with Gasteiger partial charge in [0, 0.05) is 6.07 Å². The van der Waals surface area contributed by atoms with Crippen molar-refractivity contribution >= 4 is 29.6 Å². The second kappa shape index (κ2) is 7.82. The maximum absolute atomic E-state index is 11.6. The van der Waals surface area contributed by atoms with Crippen LogP contribution in [0.25, 0.3) is 0 Å². The van der Waals surface area contributed by atoms with E-state index in [9.17, 15) is 24.5 Å². The number of aromatic nitrogens is 3. The number of hydrogen-bond acceptors (Lipinski definition) is 8. The quantitative estimate of drug-likeness (QED) is 0.276. The third kappa shape index (κ3) is 4.61. The van der Waals surface area contributed by atoms with Crippen molar-refractivity contribution < 1.29 is 9.72 Å². The van der Waals surface area contributed by atoms with Crippen molar-refractivity contribution in [3.63, 3.8) is 0 Å². The van der Waals surface area contributed by atoms with Crippen molar-refractivity contribution in [1.82, 2.24) is 20.6 Å². The number of nitrogens with zero attached hydrogens (tertiary/aromatic N) is 3. The maximum atomic E-state index is 11.6. The molecule has 1 aromatic carbocycles. The molecule has 0 bridgehead atoms. The van der Waals surface area contributed by atoms with Gasteiger partial charge in [-0.1, -0.05) is 23.9 Å². The number of nitro groups is 1. The van der Waals surface area contributed by atoms with E-state index in [1.165, 1.54) is 18.2 Å². The molecule has 24 heavy (non-hydrogen) atoms. The molecule has 0 unspecified atom stereocenters. The van der Waals surface area contributed by atoms with Crippen LogP contribution in [0.2, 0.25) is 0 Å². The zero-order valence-corrected chi connectivity index (χ0v) is 12.7. The molecule has 3 N–H and O–H groups in total. The van der Waals surface area contributed by atoms with E-state index in [2.05, 4.69) is 15.6 Å². The van der Waals surface area contributed by atoms with Crippen molar-refractivity contribution in [3.8, 4) is 0 Å². The highest BCUT2D eigenvalue weighted by atomic mass is 32.2. The SMILES string of the molecule is O=C(CSc1n[nH]c(=O)[nH]c1=O)N/N=C/c1ccccc1[N+](=O)[O-]. The van der Waals surface area contributed by atoms with Gasteiger partial charge in [0.05, 0.1) is 22.5 Å². The van der Waals surface area contributed by atoms with Gasteiger partial charge in [-0.3, -0.25) is 24.7 Å². The molecule has 0 saturated heterocycles. The van der Waals surface area contributed by atoms with Crippen LogP contribution in [0.5, 0.6) is 0 Å². The molecule has 0 fully saturated rings. The van der Waals surface area contributed by atoms with E-state index < -0.39 is 22.1 Å². The Bertz CT molecular complexity index is 905. The van der Waals surface area contributed by atoms with E-state index in [1.54, 1.807) is 6.07 Å². The van der Waals surface area contributed by atoms with Crippen LogP contribution in [-0.2, 0) is 4.79 Å². The van der Waals surface area contributed by atoms with Gasteiger partial charge in [0.2, 0.25) is 5.91 Å². The third-order valence-corrected chi connectivity index (χ3v) is 3.50. The molecule has 11 nitrogen and oxygen atoms in total. The lowest BCUT2D eigenvalue weighted by molar-refractivity contribution is -0.385. The van der Waals surface area contributed by atoms with Gasteiger partial charge in [-0.15, -0.1) is 0 Å². The van der Waals surface area contributed by atoms with Crippen LogP contribution in [0.1, 0.15) is 5.56 Å². The number of nitro benzene ring substituents is 1. The largest absolute Gasteiger partial charge is 0.342 e. The molecule has 2 rings (SSSR count). The van der Waals surface area contributed by atoms with Gasteiger partial charge in [-0.2, -0.15) is 10.2 Å². The second-order valence-electron chi connectivity index (χ2n) is 4.21. The van der Waals surface area contributed by atoms with Crippen LogP contribution >= 0.6 is 11.8 Å². The number of amides is 1. The monoisotopic (exact) mass is 350 g/mol. The van der Waals surface area contributed by atoms with Gasteiger partial charge < -0.3 is 0 Å². The molecule has 0 saturated carbocycles. The molecule has 0 aliphatic carbocycles. The summed E-state index contributed by atoms with van der Waals surface area (Å²) >= 11 is 0.799. The van der Waals surface area contributed by atoms with Crippen molar-refractivity contribution in [1.29, 1.82) is 0 Å². The number of hydrazone groups is 1. The van der Waals surface area contributed by atoms with Gasteiger partial charge >= 0.3 is 5.69 Å². The van der Waals surface area contributed by atoms with Crippen LogP contribution in [0.15, 0.2) is 44.0 Å². The first-order chi connectivity index (χ1) is 11.5. The molecule has 2 aromatic rings. The molecular formula is C12H10N6O5S. The maximum Gasteiger partial charge on any atom is 0.342 e. The lowest BCUT2D eigenvalue weighted by Crippen LogP contribution is -2.26. The van der Waals surface area contributed by atoms with Gasteiger partial charge in [0.1, 0.15) is 0 Å². The number of rotatable bonds is 6. The first-order valence-corrected chi connectivity index (χ1v) is 7.33. The molecule has 0 aliphatic heterocycles. The predicted molar refractivity (Wildman–Crippen MR) is 85.0 cm³/mol. The fourth-order valence-corrected chi connectivity index (χ4v) is 2.16. The van der Waals surface area contributed by atoms with Crippen LogP contribution in [0.4, 0.5) is 5.69 Å². The highest BCUT2D eigenvalue weighted by Gasteiger charge is 2.10. The van der Waals surface area contributed by atoms with Gasteiger partial charge in [0.25, 0.3) is 11.2 Å². The Morgan fingerprint density at radius 3 is 2.88 bits per heavy atom. The van der Waals surface area contributed by atoms with Crippen molar-refractivity contribution in [2.75, 3.05) is 5.75 Å². The van der Waals surface area contributed by atoms with E-state index in [1.807, 2.05) is 10.1 Å². The van der Waals surface area contributed by atoms with Gasteiger partial charge in [0.15, 0.2) is 5.03 Å². The molecular weight excluding hydrogens is 340 g/mol. The molecule has 0 spiro atoms. The zero-order valence-electron chi connectivity index (χ0n) is 11.9. The molecule has 1 heterocycles. The first kappa shape index (κ1) is 17.1. The minimum absolute atomic E-state index is 0.0765. The number of aromatic amines is 2. The predicted octanol–water partition coefficient (Wildman–Crippen LogP) is -0.391. The average Bonchev–Trinajstić information content (AvgIpc) is 2.54. The van der Waals surface area contributed by atoms with Crippen molar-refractivity contribution in [3.05, 3.63) is 60.8 Å². The minimum Gasteiger partial charge on any atom is -0.272 e. The summed E-state index contributed by atoms with van der Waals surface area (Å²) < 4.78 is 0. The van der Waals surface area contributed by atoms with Crippen molar-refractivity contribution in [2.45, 2.75) is 5.03 Å². The highest BCUT2D eigenvalue weighted by molar-refractivity contribution is 7.99. The third-order valence-electron chi connectivity index (χ3n) is 2.55. The van der Waals surface area contributed by atoms with E-state index in [4.69, 9.17) is 0 Å². The van der Waals surface area contributed by atoms with E-state index in [0.717, 1.165) is 18.0 Å². The summed E-state index contributed by atoms with van der Waals surface area (Å²) in [5.74, 6) is -0.738. The topological polar surface area (TPSA) is 163 Å². The Morgan fingerprint density at radius 1 is 1.42 bits per heavy atom. The first-order valence-electron chi connectivity index (χ1n) is 6.34. The lowest BCUT2D eigenvalue weighted by Gasteiger charge is -1.99. The molecule has 0 atom stereocenters. The average molecular weight is 350 g/mol. The normalized spacial score (nSPS) is 10.7. The van der Waals surface area contributed by atoms with Gasteiger partial charge in [-0.05, 0) is 6.07 Å². The molecule has 0 aliphatic rings. The Morgan fingerprint density at radius 2 is 2.17 bits per heavy atom.